The molecular formula is C13H16N6. The minimum Gasteiger partial charge on any atom is -0.370 e. The van der Waals surface area contributed by atoms with Crippen molar-refractivity contribution in [2.75, 3.05) is 6.54 Å². The van der Waals surface area contributed by atoms with Crippen molar-refractivity contribution in [3.63, 3.8) is 0 Å². The van der Waals surface area contributed by atoms with Crippen LogP contribution < -0.4 is 11.1 Å². The molecule has 0 aliphatic heterocycles. The van der Waals surface area contributed by atoms with Gasteiger partial charge >= 0.3 is 0 Å². The van der Waals surface area contributed by atoms with Crippen LogP contribution in [0.15, 0.2) is 54.7 Å². The Morgan fingerprint density at radius 2 is 2.42 bits per heavy atom. The second-order valence-corrected chi connectivity index (χ2v) is 3.86. The van der Waals surface area contributed by atoms with Crippen molar-refractivity contribution in [2.24, 2.45) is 10.7 Å². The molecule has 6 nitrogen and oxygen atoms in total. The summed E-state index contributed by atoms with van der Waals surface area (Å²) < 4.78 is 1.84. The van der Waals surface area contributed by atoms with Crippen molar-refractivity contribution in [3.05, 3.63) is 55.3 Å². The Kier molecular flexibility index (Phi) is 4.28. The number of guanidine groups is 1. The average molecular weight is 256 g/mol. The van der Waals surface area contributed by atoms with Crippen LogP contribution in [0.5, 0.6) is 0 Å². The summed E-state index contributed by atoms with van der Waals surface area (Å²) in [6.07, 6.45) is 8.73. The van der Waals surface area contributed by atoms with Crippen LogP contribution in [0.1, 0.15) is 5.56 Å². The largest absolute Gasteiger partial charge is 0.370 e. The van der Waals surface area contributed by atoms with Crippen molar-refractivity contribution < 1.29 is 0 Å². The van der Waals surface area contributed by atoms with Crippen molar-refractivity contribution in [3.8, 4) is 5.82 Å². The van der Waals surface area contributed by atoms with Gasteiger partial charge in [0.05, 0.1) is 6.54 Å². The lowest BCUT2D eigenvalue weighted by Gasteiger charge is -2.04. The highest BCUT2D eigenvalue weighted by Gasteiger charge is 1.99. The molecule has 2 aromatic heterocycles. The Balaban J connectivity index is 2.05. The third-order valence-electron chi connectivity index (χ3n) is 2.44. The van der Waals surface area contributed by atoms with E-state index in [1.807, 2.05) is 22.9 Å². The van der Waals surface area contributed by atoms with E-state index >= 15 is 0 Å². The second-order valence-electron chi connectivity index (χ2n) is 3.86. The number of nitrogens with one attached hydrogen (secondary N) is 1. The van der Waals surface area contributed by atoms with Gasteiger partial charge in [-0.1, -0.05) is 6.08 Å². The van der Waals surface area contributed by atoms with Gasteiger partial charge in [-0.3, -0.25) is 4.57 Å². The van der Waals surface area contributed by atoms with Gasteiger partial charge in [-0.25, -0.2) is 15.0 Å². The van der Waals surface area contributed by atoms with Crippen molar-refractivity contribution >= 4 is 5.96 Å². The van der Waals surface area contributed by atoms with Gasteiger partial charge in [0.1, 0.15) is 12.1 Å². The summed E-state index contributed by atoms with van der Waals surface area (Å²) in [7, 11) is 0. The maximum Gasteiger partial charge on any atom is 0.189 e. The van der Waals surface area contributed by atoms with Crippen molar-refractivity contribution in [2.45, 2.75) is 6.54 Å². The summed E-state index contributed by atoms with van der Waals surface area (Å²) in [4.78, 5) is 12.5. The second kappa shape index (κ2) is 6.34. The highest BCUT2D eigenvalue weighted by atomic mass is 15.1. The quantitative estimate of drug-likeness (QED) is 0.472. The Labute approximate surface area is 111 Å². The third-order valence-corrected chi connectivity index (χ3v) is 2.44. The van der Waals surface area contributed by atoms with E-state index in [2.05, 4.69) is 26.9 Å². The minimum atomic E-state index is 0.404. The predicted molar refractivity (Wildman–Crippen MR) is 74.9 cm³/mol. The zero-order valence-corrected chi connectivity index (χ0v) is 10.5. The number of aliphatic imine (C=N–C) groups is 1. The average Bonchev–Trinajstić information content (AvgIpc) is 2.97. The molecule has 0 radical (unpaired) electrons. The molecule has 6 heteroatoms. The van der Waals surface area contributed by atoms with Gasteiger partial charge in [-0.15, -0.1) is 6.58 Å². The standard InChI is InChI=1S/C13H16N6/c1-2-4-17-13(14)18-9-11-3-5-16-12(8-11)19-7-6-15-10-19/h2-3,5-8,10H,1,4,9H2,(H3,14,17,18). The normalized spacial score (nSPS) is 11.3. The van der Waals surface area contributed by atoms with E-state index in [4.69, 9.17) is 5.73 Å². The van der Waals surface area contributed by atoms with Crippen molar-refractivity contribution in [1.82, 2.24) is 19.9 Å². The van der Waals surface area contributed by atoms with E-state index in [9.17, 15) is 0 Å². The molecule has 0 saturated carbocycles. The number of hydrogen-bond acceptors (Lipinski definition) is 3. The fourth-order valence-electron chi connectivity index (χ4n) is 1.50. The van der Waals surface area contributed by atoms with Crippen LogP contribution in [0.2, 0.25) is 0 Å². The number of nitrogens with zero attached hydrogens (tertiary/aromatic N) is 4. The maximum absolute atomic E-state index is 5.70. The Morgan fingerprint density at radius 1 is 1.53 bits per heavy atom. The molecule has 3 N–H and O–H groups in total. The summed E-state index contributed by atoms with van der Waals surface area (Å²) >= 11 is 0. The minimum absolute atomic E-state index is 0.404. The monoisotopic (exact) mass is 256 g/mol. The molecule has 0 amide bonds. The molecule has 0 atom stereocenters. The molecule has 0 saturated heterocycles. The molecule has 2 aromatic rings. The van der Waals surface area contributed by atoms with E-state index in [1.165, 1.54) is 0 Å². The first-order valence-corrected chi connectivity index (χ1v) is 5.87. The van der Waals surface area contributed by atoms with E-state index in [1.54, 1.807) is 24.8 Å². The number of nitrogens with two attached hydrogens (primary N) is 1. The molecule has 0 aliphatic carbocycles. The lowest BCUT2D eigenvalue weighted by Crippen LogP contribution is -2.31. The van der Waals surface area contributed by atoms with Crippen LogP contribution in [0.3, 0.4) is 0 Å². The molecule has 0 aliphatic rings. The Bertz CT molecular complexity index is 558. The lowest BCUT2D eigenvalue weighted by atomic mass is 10.2. The third kappa shape index (κ3) is 3.67. The topological polar surface area (TPSA) is 81.1 Å². The molecule has 98 valence electrons. The number of hydrogen-bond donors (Lipinski definition) is 2. The van der Waals surface area contributed by atoms with E-state index < -0.39 is 0 Å². The summed E-state index contributed by atoms with van der Waals surface area (Å²) in [5.74, 6) is 1.21. The van der Waals surface area contributed by atoms with Crippen LogP contribution in [0, 0.1) is 0 Å². The first-order chi connectivity index (χ1) is 9.29. The summed E-state index contributed by atoms with van der Waals surface area (Å²) in [5.41, 5.74) is 6.73. The fourth-order valence-corrected chi connectivity index (χ4v) is 1.50. The smallest absolute Gasteiger partial charge is 0.189 e. The van der Waals surface area contributed by atoms with Gasteiger partial charge in [0.15, 0.2) is 5.96 Å². The van der Waals surface area contributed by atoms with Gasteiger partial charge in [0.2, 0.25) is 0 Å². The maximum atomic E-state index is 5.70. The van der Waals surface area contributed by atoms with E-state index in [-0.39, 0.29) is 0 Å². The zero-order valence-electron chi connectivity index (χ0n) is 10.5. The number of rotatable bonds is 5. The number of aromatic nitrogens is 3. The SMILES string of the molecule is C=CCNC(N)=NCc1ccnc(-n2ccnc2)c1. The van der Waals surface area contributed by atoms with Gasteiger partial charge < -0.3 is 11.1 Å². The lowest BCUT2D eigenvalue weighted by molar-refractivity contribution is 0.948. The number of pyridine rings is 1. The number of imidazole rings is 1. The first-order valence-electron chi connectivity index (χ1n) is 5.87. The first kappa shape index (κ1) is 12.8. The van der Waals surface area contributed by atoms with Crippen molar-refractivity contribution in [1.29, 1.82) is 0 Å². The molecule has 0 fully saturated rings. The molecule has 19 heavy (non-hydrogen) atoms. The predicted octanol–water partition coefficient (Wildman–Crippen LogP) is 0.858. The molecule has 0 unspecified atom stereocenters. The Morgan fingerprint density at radius 3 is 3.16 bits per heavy atom. The fraction of sp³-hybridized carbons (Fsp3) is 0.154. The Hall–Kier alpha value is -2.63. The van der Waals surface area contributed by atoms with Gasteiger partial charge in [-0.2, -0.15) is 0 Å². The highest BCUT2D eigenvalue weighted by Crippen LogP contribution is 2.07. The summed E-state index contributed by atoms with van der Waals surface area (Å²) in [5, 5.41) is 2.92. The van der Waals surface area contributed by atoms with Crippen LogP contribution in [0.25, 0.3) is 5.82 Å². The molecule has 2 heterocycles. The van der Waals surface area contributed by atoms with Crippen LogP contribution in [-0.2, 0) is 6.54 Å². The zero-order chi connectivity index (χ0) is 13.5. The summed E-state index contributed by atoms with van der Waals surface area (Å²) in [6.45, 7) is 4.70. The summed E-state index contributed by atoms with van der Waals surface area (Å²) in [6, 6.07) is 3.86. The molecule has 0 spiro atoms. The van der Waals surface area contributed by atoms with Gasteiger partial charge in [0, 0.05) is 25.1 Å². The van der Waals surface area contributed by atoms with Gasteiger partial charge in [0.25, 0.3) is 0 Å². The van der Waals surface area contributed by atoms with Crippen LogP contribution in [0.4, 0.5) is 0 Å². The van der Waals surface area contributed by atoms with E-state index in [0.29, 0.717) is 19.0 Å². The highest BCUT2D eigenvalue weighted by molar-refractivity contribution is 5.77. The molecule has 0 aromatic carbocycles. The molecular weight excluding hydrogens is 240 g/mol. The molecule has 0 bridgehead atoms. The van der Waals surface area contributed by atoms with E-state index in [0.717, 1.165) is 11.4 Å². The van der Waals surface area contributed by atoms with Crippen LogP contribution >= 0.6 is 0 Å². The molecule has 2 rings (SSSR count). The van der Waals surface area contributed by atoms with Gasteiger partial charge in [-0.05, 0) is 17.7 Å². The van der Waals surface area contributed by atoms with Crippen LogP contribution in [-0.4, -0.2) is 27.0 Å².